The third-order valence-corrected chi connectivity index (χ3v) is 7.15. The van der Waals surface area contributed by atoms with Crippen molar-refractivity contribution in [3.05, 3.63) is 71.0 Å². The van der Waals surface area contributed by atoms with Crippen LogP contribution in [0.5, 0.6) is 0 Å². The summed E-state index contributed by atoms with van der Waals surface area (Å²) < 4.78 is 13.1. The molecule has 1 saturated carbocycles. The van der Waals surface area contributed by atoms with Gasteiger partial charge in [0.2, 0.25) is 5.91 Å². The summed E-state index contributed by atoms with van der Waals surface area (Å²) in [6.45, 7) is 5.94. The van der Waals surface area contributed by atoms with Gasteiger partial charge in [0.25, 0.3) is 5.91 Å². The highest BCUT2D eigenvalue weighted by Gasteiger charge is 2.37. The summed E-state index contributed by atoms with van der Waals surface area (Å²) in [6.07, 6.45) is 3.47. The summed E-state index contributed by atoms with van der Waals surface area (Å²) in [5.41, 5.74) is 2.85. The number of amides is 2. The zero-order chi connectivity index (χ0) is 24.8. The second kappa shape index (κ2) is 11.8. The summed E-state index contributed by atoms with van der Waals surface area (Å²) in [5.74, 6) is 0.0748. The summed E-state index contributed by atoms with van der Waals surface area (Å²) in [4.78, 5) is 30.2. The summed E-state index contributed by atoms with van der Waals surface area (Å²) >= 11 is 0. The van der Waals surface area contributed by atoms with Gasteiger partial charge in [-0.1, -0.05) is 29.8 Å². The van der Waals surface area contributed by atoms with Gasteiger partial charge >= 0.3 is 0 Å². The van der Waals surface area contributed by atoms with E-state index in [2.05, 4.69) is 22.6 Å². The fraction of sp³-hybridized carbons (Fsp3) is 0.500. The van der Waals surface area contributed by atoms with Gasteiger partial charge in [-0.3, -0.25) is 9.59 Å². The number of halogens is 1. The van der Waals surface area contributed by atoms with E-state index in [0.717, 1.165) is 44.5 Å². The Morgan fingerprint density at radius 3 is 2.37 bits per heavy atom. The molecule has 1 aliphatic heterocycles. The van der Waals surface area contributed by atoms with Crippen molar-refractivity contribution < 1.29 is 14.0 Å². The molecule has 6 nitrogen and oxygen atoms in total. The van der Waals surface area contributed by atoms with Gasteiger partial charge in [-0.05, 0) is 76.0 Å². The number of hydrogen-bond donors (Lipinski definition) is 2. The molecule has 1 saturated heterocycles. The van der Waals surface area contributed by atoms with Crippen LogP contribution in [-0.2, 0) is 4.79 Å². The van der Waals surface area contributed by atoms with E-state index < -0.39 is 6.04 Å². The second-order valence-corrected chi connectivity index (χ2v) is 9.97. The number of rotatable bonds is 10. The predicted molar refractivity (Wildman–Crippen MR) is 136 cm³/mol. The maximum atomic E-state index is 13.3. The number of benzene rings is 2. The van der Waals surface area contributed by atoms with Crippen LogP contribution in [0.15, 0.2) is 48.5 Å². The number of nitrogens with one attached hydrogen (secondary N) is 2. The smallest absolute Gasteiger partial charge is 0.251 e. The lowest BCUT2D eigenvalue weighted by Crippen LogP contribution is -2.54. The van der Waals surface area contributed by atoms with Crippen LogP contribution in [-0.4, -0.2) is 73.5 Å². The predicted octanol–water partition coefficient (Wildman–Crippen LogP) is 3.32. The molecule has 0 bridgehead atoms. The standard InChI is InChI=1S/C28H37FN4O2/c1-20-6-8-22(9-7-20)27(34)31-25(28(35)33-17-15-32(2)16-18-33)5-3-4-14-30-26-19-24(26)21-10-12-23(29)13-11-21/h6-13,24-26,30H,3-5,14-19H2,1-2H3,(H,31,34)/t24-,25-,26+/m0/s1. The molecule has 0 radical (unpaired) electrons. The summed E-state index contributed by atoms with van der Waals surface area (Å²) in [5, 5.41) is 6.59. The Labute approximate surface area is 207 Å². The number of unbranched alkanes of at least 4 members (excludes halogenated alkanes) is 1. The minimum atomic E-state index is -0.514. The van der Waals surface area contributed by atoms with Crippen molar-refractivity contribution in [1.82, 2.24) is 20.4 Å². The zero-order valence-electron chi connectivity index (χ0n) is 20.8. The molecule has 4 rings (SSSR count). The summed E-state index contributed by atoms with van der Waals surface area (Å²) in [6, 6.07) is 14.1. The van der Waals surface area contributed by atoms with Gasteiger partial charge in [0.05, 0.1) is 0 Å². The highest BCUT2D eigenvalue weighted by atomic mass is 19.1. The third kappa shape index (κ3) is 7.12. The first-order valence-electron chi connectivity index (χ1n) is 12.7. The normalized spacial score (nSPS) is 20.9. The highest BCUT2D eigenvalue weighted by Crippen LogP contribution is 2.40. The topological polar surface area (TPSA) is 64.7 Å². The molecule has 2 amide bonds. The minimum absolute atomic E-state index is 0.0186. The third-order valence-electron chi connectivity index (χ3n) is 7.15. The number of hydrogen-bond acceptors (Lipinski definition) is 4. The van der Waals surface area contributed by atoms with Crippen molar-refractivity contribution in [2.24, 2.45) is 0 Å². The van der Waals surface area contributed by atoms with Gasteiger partial charge in [-0.15, -0.1) is 0 Å². The van der Waals surface area contributed by atoms with Crippen LogP contribution in [0, 0.1) is 12.7 Å². The van der Waals surface area contributed by atoms with E-state index in [1.54, 1.807) is 12.1 Å². The van der Waals surface area contributed by atoms with E-state index in [0.29, 0.717) is 37.0 Å². The Bertz CT molecular complexity index is 987. The Morgan fingerprint density at radius 1 is 1.00 bits per heavy atom. The monoisotopic (exact) mass is 480 g/mol. The number of carbonyl (C=O) groups excluding carboxylic acids is 2. The molecule has 0 aromatic heterocycles. The van der Waals surface area contributed by atoms with Gasteiger partial charge < -0.3 is 20.4 Å². The van der Waals surface area contributed by atoms with Crippen LogP contribution in [0.25, 0.3) is 0 Å². The van der Waals surface area contributed by atoms with Crippen molar-refractivity contribution in [3.63, 3.8) is 0 Å². The van der Waals surface area contributed by atoms with Crippen molar-refractivity contribution in [3.8, 4) is 0 Å². The maximum absolute atomic E-state index is 13.3. The second-order valence-electron chi connectivity index (χ2n) is 9.97. The molecule has 2 aromatic carbocycles. The van der Waals surface area contributed by atoms with Crippen molar-refractivity contribution in [1.29, 1.82) is 0 Å². The Hall–Kier alpha value is -2.77. The molecular weight excluding hydrogens is 443 g/mol. The molecule has 7 heteroatoms. The molecule has 0 unspecified atom stereocenters. The van der Waals surface area contributed by atoms with Gasteiger partial charge in [0, 0.05) is 43.7 Å². The number of carbonyl (C=O) groups is 2. The SMILES string of the molecule is Cc1ccc(C(=O)N[C@@H](CCCCN[C@@H]2C[C@H]2c2ccc(F)cc2)C(=O)N2CCN(C)CC2)cc1. The van der Waals surface area contributed by atoms with Crippen LogP contribution in [0.2, 0.25) is 0 Å². The number of piperazine rings is 1. The fourth-order valence-corrected chi connectivity index (χ4v) is 4.71. The average Bonchev–Trinajstić information content (AvgIpc) is 3.63. The van der Waals surface area contributed by atoms with Gasteiger partial charge in [-0.2, -0.15) is 0 Å². The van der Waals surface area contributed by atoms with Crippen LogP contribution in [0.1, 0.15) is 53.1 Å². The lowest BCUT2D eigenvalue weighted by Gasteiger charge is -2.34. The van der Waals surface area contributed by atoms with Gasteiger partial charge in [0.1, 0.15) is 11.9 Å². The Kier molecular flexibility index (Phi) is 8.52. The van der Waals surface area contributed by atoms with E-state index in [-0.39, 0.29) is 17.6 Å². The highest BCUT2D eigenvalue weighted by molar-refractivity contribution is 5.97. The fourth-order valence-electron chi connectivity index (χ4n) is 4.71. The van der Waals surface area contributed by atoms with Gasteiger partial charge in [-0.25, -0.2) is 4.39 Å². The molecule has 2 aromatic rings. The first kappa shape index (κ1) is 25.3. The molecule has 2 fully saturated rings. The van der Waals surface area contributed by atoms with Crippen molar-refractivity contribution >= 4 is 11.8 Å². The molecule has 3 atom stereocenters. The van der Waals surface area contributed by atoms with Crippen LogP contribution < -0.4 is 10.6 Å². The van der Waals surface area contributed by atoms with E-state index in [1.807, 2.05) is 36.1 Å². The minimum Gasteiger partial charge on any atom is -0.340 e. The maximum Gasteiger partial charge on any atom is 0.251 e. The molecule has 0 spiro atoms. The Balaban J connectivity index is 1.26. The molecule has 2 N–H and O–H groups in total. The first-order chi connectivity index (χ1) is 16.9. The van der Waals surface area contributed by atoms with Crippen LogP contribution in [0.4, 0.5) is 4.39 Å². The molecule has 2 aliphatic rings. The van der Waals surface area contributed by atoms with Crippen LogP contribution >= 0.6 is 0 Å². The summed E-state index contributed by atoms with van der Waals surface area (Å²) in [7, 11) is 2.06. The van der Waals surface area contributed by atoms with E-state index in [9.17, 15) is 14.0 Å². The number of nitrogens with zero attached hydrogens (tertiary/aromatic N) is 2. The van der Waals surface area contributed by atoms with Crippen molar-refractivity contribution in [2.75, 3.05) is 39.8 Å². The van der Waals surface area contributed by atoms with E-state index >= 15 is 0 Å². The molecule has 188 valence electrons. The van der Waals surface area contributed by atoms with E-state index in [1.165, 1.54) is 17.7 Å². The molecule has 1 aliphatic carbocycles. The van der Waals surface area contributed by atoms with Gasteiger partial charge in [0.15, 0.2) is 0 Å². The molecule has 1 heterocycles. The number of aryl methyl sites for hydroxylation is 1. The zero-order valence-corrected chi connectivity index (χ0v) is 20.8. The van der Waals surface area contributed by atoms with Crippen LogP contribution in [0.3, 0.4) is 0 Å². The average molecular weight is 481 g/mol. The molecule has 35 heavy (non-hydrogen) atoms. The number of likely N-dealkylation sites (N-methyl/N-ethyl adjacent to an activating group) is 1. The lowest BCUT2D eigenvalue weighted by molar-refractivity contribution is -0.135. The quantitative estimate of drug-likeness (QED) is 0.512. The largest absolute Gasteiger partial charge is 0.340 e. The lowest BCUT2D eigenvalue weighted by atomic mass is 10.1. The van der Waals surface area contributed by atoms with Crippen molar-refractivity contribution in [2.45, 2.75) is 50.6 Å². The first-order valence-corrected chi connectivity index (χ1v) is 12.7. The molecular formula is C28H37FN4O2. The Morgan fingerprint density at radius 2 is 1.69 bits per heavy atom. The van der Waals surface area contributed by atoms with E-state index in [4.69, 9.17) is 0 Å².